The standard InChI is InChI=1S/C4H4F4I.C3H3F4.Hf/c1-3(5,2-9)4(6,7)8;1-2(4)3(5,6)7;/h2H,1H3;1H3;/q2*-1;. The fourth-order valence-electron chi connectivity index (χ4n) is 0.0619. The molecule has 0 aromatic heterocycles. The van der Waals surface area contributed by atoms with E-state index < -0.39 is 24.2 Å². The number of hydrogen-bond acceptors (Lipinski definition) is 0. The minimum atomic E-state index is -4.78. The van der Waals surface area contributed by atoms with Gasteiger partial charge in [-0.15, -0.1) is 0 Å². The summed E-state index contributed by atoms with van der Waals surface area (Å²) in [6.07, 6.45) is -11.5. The molecule has 0 aromatic carbocycles. The molecule has 0 aliphatic rings. The summed E-state index contributed by atoms with van der Waals surface area (Å²) in [4.78, 5) is 0. The molecular formula is C7H7F8HfI-2. The second-order valence-electron chi connectivity index (χ2n) is 2.71. The maximum atomic E-state index is 12.1. The van der Waals surface area contributed by atoms with E-state index in [2.05, 4.69) is 0 Å². The first kappa shape index (κ1) is 23.2. The van der Waals surface area contributed by atoms with Crippen LogP contribution in [0.5, 0.6) is 0 Å². The molecule has 0 spiro atoms. The molecular weight excluding hydrogens is 541 g/mol. The summed E-state index contributed by atoms with van der Waals surface area (Å²) in [5, 5.41) is 0. The Morgan fingerprint density at radius 1 is 1.00 bits per heavy atom. The van der Waals surface area contributed by atoms with Crippen molar-refractivity contribution in [2.24, 2.45) is 0 Å². The fraction of sp³-hybridized carbons (Fsp3) is 0.714. The molecule has 104 valence electrons. The van der Waals surface area contributed by atoms with Gasteiger partial charge in [0.2, 0.25) is 0 Å². The van der Waals surface area contributed by atoms with Crippen LogP contribution in [0, 0.1) is 10.6 Å². The Morgan fingerprint density at radius 2 is 1.24 bits per heavy atom. The van der Waals surface area contributed by atoms with E-state index in [4.69, 9.17) is 0 Å². The molecule has 17 heavy (non-hydrogen) atoms. The van der Waals surface area contributed by atoms with Gasteiger partial charge in [-0.3, -0.25) is 4.39 Å². The Balaban J connectivity index is -0.000000224. The molecule has 0 bridgehead atoms. The molecule has 0 rings (SSSR count). The van der Waals surface area contributed by atoms with Crippen LogP contribution >= 0.6 is 22.6 Å². The molecule has 10 heteroatoms. The third-order valence-corrected chi connectivity index (χ3v) is 2.32. The zero-order valence-electron chi connectivity index (χ0n) is 8.48. The van der Waals surface area contributed by atoms with Crippen molar-refractivity contribution in [2.45, 2.75) is 31.9 Å². The van der Waals surface area contributed by atoms with Crippen molar-refractivity contribution in [3.05, 3.63) is 10.6 Å². The van der Waals surface area contributed by atoms with Crippen molar-refractivity contribution < 1.29 is 61.0 Å². The van der Waals surface area contributed by atoms with Gasteiger partial charge in [0.15, 0.2) is 0 Å². The first-order valence-corrected chi connectivity index (χ1v) is 4.76. The maximum absolute atomic E-state index is 12.1. The molecule has 0 aromatic rings. The van der Waals surface area contributed by atoms with Crippen LogP contribution in [0.25, 0.3) is 0 Å². The Morgan fingerprint density at radius 3 is 1.24 bits per heavy atom. The summed E-state index contributed by atoms with van der Waals surface area (Å²) in [5.74, 6) is 0. The van der Waals surface area contributed by atoms with Gasteiger partial charge in [0.1, 0.15) is 0 Å². The van der Waals surface area contributed by atoms with Gasteiger partial charge in [-0.25, -0.2) is 17.6 Å². The second kappa shape index (κ2) is 8.26. The fourth-order valence-corrected chi connectivity index (χ4v) is 0.415. The molecule has 1 atom stereocenters. The Hall–Kier alpha value is 1.04. The maximum Gasteiger partial charge on any atom is 0.395 e. The van der Waals surface area contributed by atoms with Crippen LogP contribution in [0.15, 0.2) is 0 Å². The van der Waals surface area contributed by atoms with Crippen molar-refractivity contribution >= 4 is 22.6 Å². The predicted octanol–water partition coefficient (Wildman–Crippen LogP) is 4.94. The molecule has 0 amide bonds. The number of halogens is 9. The van der Waals surface area contributed by atoms with Crippen molar-refractivity contribution in [2.75, 3.05) is 0 Å². The van der Waals surface area contributed by atoms with Crippen molar-refractivity contribution in [3.63, 3.8) is 0 Å². The normalized spacial score (nSPS) is 15.5. The minimum Gasteiger partial charge on any atom is -0.448 e. The third-order valence-electron chi connectivity index (χ3n) is 1.15. The van der Waals surface area contributed by atoms with Gasteiger partial charge >= 0.3 is 6.18 Å². The molecule has 0 radical (unpaired) electrons. The Kier molecular flexibility index (Phi) is 11.2. The topological polar surface area (TPSA) is 0 Å². The molecule has 0 aliphatic heterocycles. The van der Waals surface area contributed by atoms with Crippen LogP contribution in [0.2, 0.25) is 0 Å². The van der Waals surface area contributed by atoms with Crippen molar-refractivity contribution in [3.8, 4) is 0 Å². The predicted molar refractivity (Wildman–Crippen MR) is 50.0 cm³/mol. The monoisotopic (exact) mass is 550 g/mol. The molecule has 0 aliphatic carbocycles. The van der Waals surface area contributed by atoms with Gasteiger partial charge in [-0.1, -0.05) is 13.1 Å². The van der Waals surface area contributed by atoms with Gasteiger partial charge in [0, 0.05) is 25.8 Å². The molecule has 0 saturated heterocycles. The van der Waals surface area contributed by atoms with E-state index in [9.17, 15) is 35.1 Å². The van der Waals surface area contributed by atoms with E-state index in [0.717, 1.165) is 0 Å². The third kappa shape index (κ3) is 10.6. The van der Waals surface area contributed by atoms with Crippen LogP contribution in [0.1, 0.15) is 13.8 Å². The molecule has 0 heterocycles. The number of hydrogen-bond donors (Lipinski definition) is 0. The summed E-state index contributed by atoms with van der Waals surface area (Å²) in [6.45, 7) is 0.847. The summed E-state index contributed by atoms with van der Waals surface area (Å²) >= 11 is 1.24. The Labute approximate surface area is 125 Å². The molecule has 0 saturated carbocycles. The quantitative estimate of drug-likeness (QED) is 0.189. The van der Waals surface area contributed by atoms with Crippen LogP contribution in [-0.2, 0) is 25.8 Å². The average molecular weight is 549 g/mol. The van der Waals surface area contributed by atoms with Crippen LogP contribution in [0.3, 0.4) is 0 Å². The van der Waals surface area contributed by atoms with E-state index in [1.807, 2.05) is 0 Å². The zero-order valence-corrected chi connectivity index (χ0v) is 14.2. The first-order valence-electron chi connectivity index (χ1n) is 3.52. The van der Waals surface area contributed by atoms with E-state index in [1.165, 1.54) is 22.6 Å². The molecule has 0 nitrogen and oxygen atoms in total. The summed E-state index contributed by atoms with van der Waals surface area (Å²) < 4.78 is 90.2. The smallest absolute Gasteiger partial charge is 0.395 e. The van der Waals surface area contributed by atoms with Gasteiger partial charge in [0.05, 0.1) is 5.67 Å². The molecule has 1 unspecified atom stereocenters. The van der Waals surface area contributed by atoms with E-state index in [-0.39, 0.29) is 25.8 Å². The average Bonchev–Trinajstić information content (AvgIpc) is 2.01. The Bertz CT molecular complexity index is 197. The van der Waals surface area contributed by atoms with Gasteiger partial charge in [-0.2, -0.15) is 20.1 Å². The van der Waals surface area contributed by atoms with Crippen LogP contribution in [-0.4, -0.2) is 18.0 Å². The van der Waals surface area contributed by atoms with Gasteiger partial charge < -0.3 is 27.0 Å². The summed E-state index contributed by atoms with van der Waals surface area (Å²) in [7, 11) is 0. The molecule has 0 fully saturated rings. The van der Waals surface area contributed by atoms with Crippen LogP contribution < -0.4 is 0 Å². The minimum absolute atomic E-state index is 0. The number of alkyl halides is 7. The first-order chi connectivity index (χ1) is 6.75. The van der Waals surface area contributed by atoms with E-state index in [0.29, 0.717) is 18.3 Å². The summed E-state index contributed by atoms with van der Waals surface area (Å²) in [6, 6.07) is 0. The van der Waals surface area contributed by atoms with Crippen molar-refractivity contribution in [1.82, 2.24) is 0 Å². The SMILES string of the molecule is CC(F)([CH-]I)C(F)(F)F.C[C-](F)C(F)(F)F.[Hf]. The van der Waals surface area contributed by atoms with Gasteiger partial charge in [-0.05, 0) is 0 Å². The van der Waals surface area contributed by atoms with Crippen LogP contribution in [0.4, 0.5) is 35.1 Å². The largest absolute Gasteiger partial charge is 0.448 e. The molecule has 0 N–H and O–H groups in total. The zero-order chi connectivity index (χ0) is 13.8. The van der Waals surface area contributed by atoms with E-state index >= 15 is 0 Å². The van der Waals surface area contributed by atoms with E-state index in [1.54, 1.807) is 0 Å². The number of rotatable bonds is 1. The van der Waals surface area contributed by atoms with Gasteiger partial charge in [0.25, 0.3) is 6.18 Å². The second-order valence-corrected chi connectivity index (χ2v) is 3.34. The summed E-state index contributed by atoms with van der Waals surface area (Å²) in [5.41, 5.74) is -3.16. The van der Waals surface area contributed by atoms with Crippen molar-refractivity contribution in [1.29, 1.82) is 0 Å².